The van der Waals surface area contributed by atoms with Crippen LogP contribution in [0.25, 0.3) is 0 Å². The zero-order chi connectivity index (χ0) is 14.3. The maximum Gasteiger partial charge on any atom is 0.319 e. The van der Waals surface area contributed by atoms with Crippen molar-refractivity contribution in [3.05, 3.63) is 24.3 Å². The molecule has 0 bridgehead atoms. The largest absolute Gasteiger partial charge is 0.387 e. The van der Waals surface area contributed by atoms with E-state index in [1.807, 2.05) is 31.3 Å². The summed E-state index contributed by atoms with van der Waals surface area (Å²) in [5.74, 6) is 0. The Balaban J connectivity index is 2.69. The van der Waals surface area contributed by atoms with Gasteiger partial charge in [0.25, 0.3) is 0 Å². The fraction of sp³-hybridized carbons (Fsp3) is 0.364. The van der Waals surface area contributed by atoms with Crippen molar-refractivity contribution in [2.75, 3.05) is 26.0 Å². The lowest BCUT2D eigenvalue weighted by atomic mass is 10.3. The Labute approximate surface area is 117 Å². The summed E-state index contributed by atoms with van der Waals surface area (Å²) in [5.41, 5.74) is 0.602. The molecule has 0 radical (unpaired) electrons. The number of para-hydroxylation sites is 1. The highest BCUT2D eigenvalue weighted by atomic mass is 32.2. The molecular formula is C11H17N3O3S2. The molecule has 0 aromatic heterocycles. The summed E-state index contributed by atoms with van der Waals surface area (Å²) in [6.07, 6.45) is 0. The van der Waals surface area contributed by atoms with E-state index < -0.39 is 10.2 Å². The summed E-state index contributed by atoms with van der Waals surface area (Å²) in [6.45, 7) is 3.10. The molecule has 0 heterocycles. The van der Waals surface area contributed by atoms with Crippen LogP contribution in [0, 0.1) is 0 Å². The third kappa shape index (κ3) is 5.19. The van der Waals surface area contributed by atoms with Crippen LogP contribution in [0.1, 0.15) is 0 Å². The number of methoxy groups -OCH3 is 1. The van der Waals surface area contributed by atoms with Gasteiger partial charge in [0.1, 0.15) is 5.44 Å². The van der Waals surface area contributed by atoms with E-state index in [0.29, 0.717) is 0 Å². The second-order valence-electron chi connectivity index (χ2n) is 3.48. The zero-order valence-corrected chi connectivity index (χ0v) is 12.4. The van der Waals surface area contributed by atoms with Crippen LogP contribution in [0.5, 0.6) is 0 Å². The summed E-state index contributed by atoms with van der Waals surface area (Å²) >= 11 is 1.42. The predicted octanol–water partition coefficient (Wildman–Crippen LogP) is 1.33. The van der Waals surface area contributed by atoms with Gasteiger partial charge >= 0.3 is 10.2 Å². The zero-order valence-electron chi connectivity index (χ0n) is 10.8. The second-order valence-corrected chi connectivity index (χ2v) is 6.18. The highest BCUT2D eigenvalue weighted by Crippen LogP contribution is 2.30. The van der Waals surface area contributed by atoms with Crippen LogP contribution in [0.4, 0.5) is 5.69 Å². The highest BCUT2D eigenvalue weighted by molar-refractivity contribution is 8.00. The molecule has 106 valence electrons. The van der Waals surface area contributed by atoms with E-state index in [1.54, 1.807) is 0 Å². The van der Waals surface area contributed by atoms with Crippen LogP contribution in [-0.4, -0.2) is 41.3 Å². The minimum atomic E-state index is -3.68. The van der Waals surface area contributed by atoms with Crippen LogP contribution in [0.3, 0.4) is 0 Å². The van der Waals surface area contributed by atoms with E-state index in [0.717, 1.165) is 10.6 Å². The van der Waals surface area contributed by atoms with Gasteiger partial charge in [0.2, 0.25) is 0 Å². The van der Waals surface area contributed by atoms with Gasteiger partial charge < -0.3 is 10.1 Å². The molecule has 0 spiro atoms. The second kappa shape index (κ2) is 7.49. The van der Waals surface area contributed by atoms with Gasteiger partial charge in [-0.05, 0) is 12.1 Å². The first kappa shape index (κ1) is 16.0. The topological polar surface area (TPSA) is 79.8 Å². The minimum Gasteiger partial charge on any atom is -0.387 e. The monoisotopic (exact) mass is 303 g/mol. The third-order valence-corrected chi connectivity index (χ3v) is 4.38. The van der Waals surface area contributed by atoms with Crippen molar-refractivity contribution in [2.45, 2.75) is 10.3 Å². The van der Waals surface area contributed by atoms with Crippen LogP contribution < -0.4 is 10.0 Å². The van der Waals surface area contributed by atoms with Crippen molar-refractivity contribution in [3.63, 3.8) is 0 Å². The first-order chi connectivity index (χ1) is 9.02. The summed E-state index contributed by atoms with van der Waals surface area (Å²) < 4.78 is 32.9. The molecule has 0 amide bonds. The molecule has 1 aromatic rings. The average Bonchev–Trinajstić information content (AvgIpc) is 2.43. The molecule has 1 aromatic carbocycles. The fourth-order valence-corrected chi connectivity index (χ4v) is 2.87. The average molecular weight is 303 g/mol. The van der Waals surface area contributed by atoms with Gasteiger partial charge in [-0.1, -0.05) is 23.9 Å². The summed E-state index contributed by atoms with van der Waals surface area (Å²) in [4.78, 5) is 0.975. The number of thioether (sulfide) groups is 1. The number of anilines is 1. The molecule has 6 nitrogen and oxygen atoms in total. The molecule has 8 heteroatoms. The maximum atomic E-state index is 11.2. The number of nitrogens with zero attached hydrogens (tertiary/aromatic N) is 1. The van der Waals surface area contributed by atoms with Gasteiger partial charge in [-0.25, -0.2) is 0 Å². The smallest absolute Gasteiger partial charge is 0.319 e. The normalized spacial score (nSPS) is 12.9. The number of benzene rings is 1. The summed E-state index contributed by atoms with van der Waals surface area (Å²) in [6, 6.07) is 7.70. The lowest BCUT2D eigenvalue weighted by molar-refractivity contribution is 0.176. The number of hydrogen-bond acceptors (Lipinski definition) is 5. The number of ether oxygens (including phenoxy) is 1. The Morgan fingerprint density at radius 3 is 2.74 bits per heavy atom. The Hall–Kier alpha value is -1.09. The van der Waals surface area contributed by atoms with E-state index in [2.05, 4.69) is 21.2 Å². The Morgan fingerprint density at radius 1 is 1.47 bits per heavy atom. The Morgan fingerprint density at radius 2 is 2.16 bits per heavy atom. The highest BCUT2D eigenvalue weighted by Gasteiger charge is 2.15. The maximum absolute atomic E-state index is 11.2. The molecule has 1 rings (SSSR count). The van der Waals surface area contributed by atoms with Gasteiger partial charge in [-0.2, -0.15) is 17.5 Å². The Kier molecular flexibility index (Phi) is 6.29. The van der Waals surface area contributed by atoms with Crippen molar-refractivity contribution in [1.29, 1.82) is 0 Å². The van der Waals surface area contributed by atoms with E-state index in [9.17, 15) is 8.42 Å². The molecule has 2 N–H and O–H groups in total. The van der Waals surface area contributed by atoms with Crippen LogP contribution in [0.15, 0.2) is 33.6 Å². The SMILES string of the molecule is C=NS(=O)(=O)NCC(OC)Sc1ccccc1NC. The quantitative estimate of drug-likeness (QED) is 0.430. The van der Waals surface area contributed by atoms with Crippen molar-refractivity contribution < 1.29 is 13.2 Å². The number of nitrogens with one attached hydrogen (secondary N) is 2. The van der Waals surface area contributed by atoms with Crippen LogP contribution in [0.2, 0.25) is 0 Å². The lowest BCUT2D eigenvalue weighted by Crippen LogP contribution is -2.30. The van der Waals surface area contributed by atoms with E-state index in [4.69, 9.17) is 4.74 Å². The van der Waals surface area contributed by atoms with Gasteiger partial charge in [-0.3, -0.25) is 0 Å². The molecule has 0 aliphatic rings. The summed E-state index contributed by atoms with van der Waals surface area (Å²) in [7, 11) is -0.330. The van der Waals surface area contributed by atoms with Crippen LogP contribution >= 0.6 is 11.8 Å². The van der Waals surface area contributed by atoms with Gasteiger partial charge in [0, 0.05) is 38.0 Å². The van der Waals surface area contributed by atoms with Gasteiger partial charge in [-0.15, -0.1) is 0 Å². The molecule has 0 fully saturated rings. The first-order valence-electron chi connectivity index (χ1n) is 5.46. The standard InChI is InChI=1S/C11H17N3O3S2/c1-12-9-6-4-5-7-10(9)18-11(17-3)8-14-19(15,16)13-2/h4-7,11-12,14H,2,8H2,1,3H3. The van der Waals surface area contributed by atoms with Crippen molar-refractivity contribution >= 4 is 34.4 Å². The van der Waals surface area contributed by atoms with E-state index >= 15 is 0 Å². The molecule has 1 unspecified atom stereocenters. The molecular weight excluding hydrogens is 286 g/mol. The first-order valence-corrected chi connectivity index (χ1v) is 7.78. The predicted molar refractivity (Wildman–Crippen MR) is 79.1 cm³/mol. The third-order valence-electron chi connectivity index (χ3n) is 2.28. The molecule has 0 aliphatic carbocycles. The molecule has 0 saturated carbocycles. The summed E-state index contributed by atoms with van der Waals surface area (Å²) in [5, 5.41) is 3.06. The van der Waals surface area contributed by atoms with E-state index in [1.165, 1.54) is 18.9 Å². The lowest BCUT2D eigenvalue weighted by Gasteiger charge is -2.16. The minimum absolute atomic E-state index is 0.112. The number of rotatable bonds is 8. The molecule has 0 saturated heterocycles. The number of hydrogen-bond donors (Lipinski definition) is 2. The van der Waals surface area contributed by atoms with Crippen LogP contribution in [-0.2, 0) is 14.9 Å². The van der Waals surface area contributed by atoms with Crippen molar-refractivity contribution in [3.8, 4) is 0 Å². The molecule has 0 aliphatic heterocycles. The fourth-order valence-electron chi connectivity index (χ4n) is 1.31. The van der Waals surface area contributed by atoms with Crippen molar-refractivity contribution in [2.24, 2.45) is 4.40 Å². The molecule has 1 atom stereocenters. The van der Waals surface area contributed by atoms with Gasteiger partial charge in [0.15, 0.2) is 0 Å². The molecule has 19 heavy (non-hydrogen) atoms. The Bertz CT molecular complexity index is 520. The van der Waals surface area contributed by atoms with Crippen molar-refractivity contribution in [1.82, 2.24) is 4.72 Å². The van der Waals surface area contributed by atoms with E-state index in [-0.39, 0.29) is 12.0 Å². The van der Waals surface area contributed by atoms with Gasteiger partial charge in [0.05, 0.1) is 0 Å².